The second kappa shape index (κ2) is 9.54. The van der Waals surface area contributed by atoms with E-state index in [9.17, 15) is 19.5 Å². The lowest BCUT2D eigenvalue weighted by Crippen LogP contribution is -2.33. The summed E-state index contributed by atoms with van der Waals surface area (Å²) in [6, 6.07) is 2.25. The number of anilines is 1. The summed E-state index contributed by atoms with van der Waals surface area (Å²) in [6.45, 7) is 3.55. The molecule has 2 aromatic heterocycles. The minimum absolute atomic E-state index is 0.0693. The predicted octanol–water partition coefficient (Wildman–Crippen LogP) is 2.23. The van der Waals surface area contributed by atoms with Crippen LogP contribution in [-0.2, 0) is 23.5 Å². The Hall–Kier alpha value is -2.07. The van der Waals surface area contributed by atoms with Gasteiger partial charge in [0.25, 0.3) is 0 Å². The first-order valence-corrected chi connectivity index (χ1v) is 14.8. The summed E-state index contributed by atoms with van der Waals surface area (Å²) in [6.07, 6.45) is 4.66. The average molecular weight is 549 g/mol. The third kappa shape index (κ3) is 5.48. The molecule has 0 bridgehead atoms. The minimum Gasteiger partial charge on any atom is -0.378 e. The maximum atomic E-state index is 11.3. The van der Waals surface area contributed by atoms with Crippen molar-refractivity contribution in [2.75, 3.05) is 18.3 Å². The zero-order chi connectivity index (χ0) is 26.7. The van der Waals surface area contributed by atoms with Gasteiger partial charge >= 0.3 is 7.60 Å². The van der Waals surface area contributed by atoms with Gasteiger partial charge in [-0.05, 0) is 51.5 Å². The van der Waals surface area contributed by atoms with Crippen molar-refractivity contribution in [1.82, 2.24) is 14.5 Å². The molecule has 0 aromatic carbocycles. The Morgan fingerprint density at radius 3 is 2.66 bits per heavy atom. The molecule has 12 nitrogen and oxygen atoms in total. The Morgan fingerprint density at radius 2 is 1.95 bits per heavy atom. The smallest absolute Gasteiger partial charge is 0.350 e. The van der Waals surface area contributed by atoms with Crippen LogP contribution in [0.2, 0.25) is 0 Å². The molecule has 1 unspecified atom stereocenters. The maximum absolute atomic E-state index is 11.3. The Morgan fingerprint density at radius 1 is 1.21 bits per heavy atom. The fraction of sp³-hybridized carbons (Fsp3) is 0.680. The van der Waals surface area contributed by atoms with E-state index in [2.05, 4.69) is 17.2 Å². The van der Waals surface area contributed by atoms with Crippen molar-refractivity contribution in [3.05, 3.63) is 18.1 Å². The van der Waals surface area contributed by atoms with Gasteiger partial charge in [-0.1, -0.05) is 18.8 Å². The van der Waals surface area contributed by atoms with Gasteiger partial charge in [-0.15, -0.1) is 0 Å². The second-order valence-electron chi connectivity index (χ2n) is 11.1. The van der Waals surface area contributed by atoms with E-state index in [0.29, 0.717) is 36.2 Å². The van der Waals surface area contributed by atoms with Crippen LogP contribution in [-0.4, -0.2) is 78.1 Å². The number of aromatic nitrogens is 3. The highest BCUT2D eigenvalue weighted by molar-refractivity contribution is 7.51. The molecular formula is C25H33N4O8P. The summed E-state index contributed by atoms with van der Waals surface area (Å²) >= 11 is 0. The van der Waals surface area contributed by atoms with Gasteiger partial charge in [0.05, 0.1) is 12.0 Å². The van der Waals surface area contributed by atoms with Gasteiger partial charge in [-0.3, -0.25) is 4.57 Å². The van der Waals surface area contributed by atoms with E-state index in [1.165, 1.54) is 12.8 Å². The summed E-state index contributed by atoms with van der Waals surface area (Å²) in [5, 5.41) is 14.6. The number of ether oxygens (including phenoxy) is 4. The monoisotopic (exact) mass is 548 g/mol. The van der Waals surface area contributed by atoms with E-state index in [-0.39, 0.29) is 6.61 Å². The van der Waals surface area contributed by atoms with Crippen LogP contribution in [0.15, 0.2) is 12.3 Å². The third-order valence-corrected chi connectivity index (χ3v) is 7.86. The summed E-state index contributed by atoms with van der Waals surface area (Å²) in [7, 11) is -4.32. The number of hydrogen-bond acceptors (Lipinski definition) is 9. The van der Waals surface area contributed by atoms with Crippen LogP contribution in [0.5, 0.6) is 0 Å². The summed E-state index contributed by atoms with van der Waals surface area (Å²) in [5.74, 6) is 5.97. The van der Waals surface area contributed by atoms with Crippen LogP contribution in [0.4, 0.5) is 5.82 Å². The van der Waals surface area contributed by atoms with Crippen LogP contribution in [0.25, 0.3) is 11.0 Å². The molecular weight excluding hydrogens is 515 g/mol. The lowest BCUT2D eigenvalue weighted by atomic mass is 10.1. The van der Waals surface area contributed by atoms with Crippen LogP contribution in [0, 0.1) is 11.8 Å². The van der Waals surface area contributed by atoms with Crippen molar-refractivity contribution >= 4 is 24.4 Å². The first kappa shape index (κ1) is 26.2. The fourth-order valence-corrected chi connectivity index (χ4v) is 5.73. The largest absolute Gasteiger partial charge is 0.378 e. The molecule has 0 radical (unpaired) electrons. The van der Waals surface area contributed by atoms with E-state index in [1.54, 1.807) is 0 Å². The van der Waals surface area contributed by atoms with Gasteiger partial charge in [0.15, 0.2) is 12.0 Å². The minimum atomic E-state index is -4.32. The first-order valence-electron chi connectivity index (χ1n) is 13.0. The van der Waals surface area contributed by atoms with Gasteiger partial charge in [-0.2, -0.15) is 0 Å². The topological polar surface area (TPSA) is 157 Å². The Labute approximate surface area is 220 Å². The van der Waals surface area contributed by atoms with E-state index in [4.69, 9.17) is 28.9 Å². The lowest BCUT2D eigenvalue weighted by Gasteiger charge is -2.25. The molecule has 2 aliphatic heterocycles. The van der Waals surface area contributed by atoms with Crippen LogP contribution >= 0.6 is 7.60 Å². The fourth-order valence-electron chi connectivity index (χ4n) is 5.39. The molecule has 6 rings (SSSR count). The van der Waals surface area contributed by atoms with E-state index >= 15 is 0 Å². The van der Waals surface area contributed by atoms with Crippen molar-refractivity contribution in [2.45, 2.75) is 94.3 Å². The number of aliphatic hydroxyl groups is 1. The zero-order valence-corrected chi connectivity index (χ0v) is 22.3. The first-order chi connectivity index (χ1) is 18.0. The highest BCUT2D eigenvalue weighted by Crippen LogP contribution is 2.45. The second-order valence-corrected chi connectivity index (χ2v) is 12.6. The molecule has 0 spiro atoms. The Kier molecular flexibility index (Phi) is 6.57. The molecule has 4 fully saturated rings. The zero-order valence-electron chi connectivity index (χ0n) is 21.4. The van der Waals surface area contributed by atoms with Gasteiger partial charge in [0, 0.05) is 12.2 Å². The van der Waals surface area contributed by atoms with Gasteiger partial charge in [0.1, 0.15) is 41.7 Å². The summed E-state index contributed by atoms with van der Waals surface area (Å²) < 4.78 is 37.0. The van der Waals surface area contributed by atoms with E-state index < -0.39 is 49.9 Å². The standard InChI is InChI=1S/C25H33N4O8P/c1-24(2)36-19-17(13-34-14-38(31,32)33)35-23(20(19)37-24)29-12-8-16-21(26-15-5-3-4-6-15)27-18(28-22(16)29)7-9-25(30)10-11-25/h8,12,15,17,19-20,23,30H,3-6,10-11,13-14H2,1-2H3,(H,26,27,28)(H2,31,32,33)/t17?,19-,20-,23-/m1/s1. The van der Waals surface area contributed by atoms with Gasteiger partial charge in [-0.25, -0.2) is 9.97 Å². The normalized spacial score (nSPS) is 29.8. The molecule has 206 valence electrons. The Bertz CT molecular complexity index is 1320. The molecule has 4 aliphatic rings. The van der Waals surface area contributed by atoms with Crippen molar-refractivity contribution in [3.8, 4) is 11.8 Å². The van der Waals surface area contributed by atoms with Crippen molar-refractivity contribution in [1.29, 1.82) is 0 Å². The number of nitrogens with zero attached hydrogens (tertiary/aromatic N) is 3. The maximum Gasteiger partial charge on any atom is 0.350 e. The molecule has 4 atom stereocenters. The molecule has 13 heteroatoms. The molecule has 2 aliphatic carbocycles. The molecule has 2 aromatic rings. The number of nitrogens with one attached hydrogen (secondary N) is 1. The number of rotatable bonds is 7. The number of hydrogen-bond donors (Lipinski definition) is 4. The molecule has 2 saturated heterocycles. The van der Waals surface area contributed by atoms with Gasteiger partial charge in [0.2, 0.25) is 5.82 Å². The highest BCUT2D eigenvalue weighted by atomic mass is 31.2. The summed E-state index contributed by atoms with van der Waals surface area (Å²) in [5.41, 5.74) is -0.358. The molecule has 2 saturated carbocycles. The molecule has 0 amide bonds. The molecule has 38 heavy (non-hydrogen) atoms. The summed E-state index contributed by atoms with van der Waals surface area (Å²) in [4.78, 5) is 27.8. The SMILES string of the molecule is CC1(C)O[C@@H]2[C@H](O1)C(COCP(=O)(O)O)O[C@H]2n1ccc2c(NC3CCCC3)nc(C#CC3(O)CC3)nc21. The van der Waals surface area contributed by atoms with Crippen LogP contribution in [0.1, 0.15) is 64.4 Å². The quantitative estimate of drug-likeness (QED) is 0.297. The number of fused-ring (bicyclic) bond motifs is 2. The van der Waals surface area contributed by atoms with Crippen molar-refractivity contribution < 1.29 is 38.4 Å². The van der Waals surface area contributed by atoms with Crippen LogP contribution in [0.3, 0.4) is 0 Å². The van der Waals surface area contributed by atoms with E-state index in [0.717, 1.165) is 18.2 Å². The highest BCUT2D eigenvalue weighted by Gasteiger charge is 2.56. The Balaban J connectivity index is 1.34. The third-order valence-electron chi connectivity index (χ3n) is 7.34. The van der Waals surface area contributed by atoms with Crippen LogP contribution < -0.4 is 5.32 Å². The molecule has 4 heterocycles. The van der Waals surface area contributed by atoms with E-state index in [1.807, 2.05) is 30.7 Å². The van der Waals surface area contributed by atoms with Crippen molar-refractivity contribution in [2.24, 2.45) is 0 Å². The predicted molar refractivity (Wildman–Crippen MR) is 135 cm³/mol. The molecule has 4 N–H and O–H groups in total. The van der Waals surface area contributed by atoms with Gasteiger partial charge < -0.3 is 43.7 Å². The lowest BCUT2D eigenvalue weighted by molar-refractivity contribution is -0.201. The average Bonchev–Trinajstić information content (AvgIpc) is 3.26. The van der Waals surface area contributed by atoms with Crippen molar-refractivity contribution in [3.63, 3.8) is 0 Å².